The number of rotatable bonds is 6. The van der Waals surface area contributed by atoms with Crippen molar-refractivity contribution in [2.45, 2.75) is 12.3 Å². The molecule has 2 aliphatic heterocycles. The maximum Gasteiger partial charge on any atom is 0.293 e. The zero-order valence-electron chi connectivity index (χ0n) is 18.6. The fourth-order valence-electron chi connectivity index (χ4n) is 4.45. The van der Waals surface area contributed by atoms with Crippen LogP contribution in [0.25, 0.3) is 0 Å². The lowest BCUT2D eigenvalue weighted by atomic mass is 9.98. The van der Waals surface area contributed by atoms with Gasteiger partial charge < -0.3 is 25.2 Å². The van der Waals surface area contributed by atoms with Gasteiger partial charge >= 0.3 is 0 Å². The van der Waals surface area contributed by atoms with Gasteiger partial charge in [0.05, 0.1) is 24.7 Å². The van der Waals surface area contributed by atoms with Crippen molar-refractivity contribution >= 4 is 23.2 Å². The van der Waals surface area contributed by atoms with Crippen molar-refractivity contribution in [2.24, 2.45) is 0 Å². The fraction of sp³-hybridized carbons (Fsp3) is 0.391. The van der Waals surface area contributed by atoms with Crippen molar-refractivity contribution in [3.8, 4) is 5.75 Å². The van der Waals surface area contributed by atoms with E-state index in [-0.39, 0.29) is 11.7 Å². The minimum Gasteiger partial charge on any atom is -0.497 e. The number of carbonyl (C=O) groups excluding carboxylic acids is 1. The number of piperazine rings is 1. The molecule has 2 saturated heterocycles. The Bertz CT molecular complexity index is 1110. The van der Waals surface area contributed by atoms with Gasteiger partial charge in [-0.1, -0.05) is 12.1 Å². The van der Waals surface area contributed by atoms with Crippen LogP contribution < -0.4 is 25.2 Å². The van der Waals surface area contributed by atoms with Crippen molar-refractivity contribution in [2.75, 3.05) is 61.5 Å². The molecule has 10 nitrogen and oxygen atoms in total. The summed E-state index contributed by atoms with van der Waals surface area (Å²) >= 11 is 0. The lowest BCUT2D eigenvalue weighted by Crippen LogP contribution is -2.43. The topological polar surface area (TPSA) is 111 Å². The highest BCUT2D eigenvalue weighted by atomic mass is 16.5. The Morgan fingerprint density at radius 2 is 2.06 bits per heavy atom. The largest absolute Gasteiger partial charge is 0.497 e. The van der Waals surface area contributed by atoms with Crippen LogP contribution in [0.4, 0.5) is 17.3 Å². The van der Waals surface area contributed by atoms with Crippen molar-refractivity contribution in [1.82, 2.24) is 25.5 Å². The molecule has 2 fully saturated rings. The van der Waals surface area contributed by atoms with Crippen LogP contribution in [0.3, 0.4) is 0 Å². The summed E-state index contributed by atoms with van der Waals surface area (Å²) in [6.45, 7) is 5.20. The van der Waals surface area contributed by atoms with Gasteiger partial charge in [0.1, 0.15) is 5.75 Å². The molecule has 0 aliphatic carbocycles. The van der Waals surface area contributed by atoms with Gasteiger partial charge in [-0.15, -0.1) is 5.10 Å². The van der Waals surface area contributed by atoms with Crippen LogP contribution in [0, 0.1) is 0 Å². The number of nitrogens with one attached hydrogen (secondary N) is 3. The zero-order chi connectivity index (χ0) is 22.6. The van der Waals surface area contributed by atoms with E-state index in [2.05, 4.69) is 52.7 Å². The average molecular weight is 449 g/mol. The van der Waals surface area contributed by atoms with E-state index in [9.17, 15) is 4.79 Å². The van der Waals surface area contributed by atoms with Gasteiger partial charge in [-0.2, -0.15) is 4.98 Å². The molecule has 172 valence electrons. The summed E-state index contributed by atoms with van der Waals surface area (Å²) in [5.74, 6) is 1.62. The van der Waals surface area contributed by atoms with E-state index in [0.29, 0.717) is 17.6 Å². The van der Waals surface area contributed by atoms with Crippen LogP contribution in [0.5, 0.6) is 5.75 Å². The molecule has 3 aromatic rings. The number of aromatic nitrogens is 4. The third-order valence-corrected chi connectivity index (χ3v) is 6.23. The molecule has 2 aliphatic rings. The molecule has 0 radical (unpaired) electrons. The third-order valence-electron chi connectivity index (χ3n) is 6.23. The van der Waals surface area contributed by atoms with Crippen LogP contribution in [-0.2, 0) is 0 Å². The standard InChI is InChI=1S/C23H28N8O2/c1-33-18-4-2-3-16(13-18)17-6-10-31(15-17)23-27-21(28-29-23)22(32)26-19-14-25-7-5-20(19)30-11-8-24-9-12-30/h2-5,7,13-14,17,24H,6,8-12,15H2,1H3,(H,26,32)(H,27,28,29). The second-order valence-corrected chi connectivity index (χ2v) is 8.28. The number of benzene rings is 1. The first-order chi connectivity index (χ1) is 16.2. The van der Waals surface area contributed by atoms with E-state index in [4.69, 9.17) is 4.74 Å². The molecule has 1 unspecified atom stereocenters. The van der Waals surface area contributed by atoms with E-state index in [1.165, 1.54) is 5.56 Å². The summed E-state index contributed by atoms with van der Waals surface area (Å²) < 4.78 is 5.35. The molecule has 3 N–H and O–H groups in total. The van der Waals surface area contributed by atoms with Gasteiger partial charge in [0.25, 0.3) is 5.91 Å². The predicted molar refractivity (Wildman–Crippen MR) is 126 cm³/mol. The number of ether oxygens (including phenoxy) is 1. The maximum absolute atomic E-state index is 12.9. The number of H-pyrrole nitrogens is 1. The molecule has 5 rings (SSSR count). The van der Waals surface area contributed by atoms with Gasteiger partial charge in [-0.05, 0) is 30.2 Å². The van der Waals surface area contributed by atoms with Gasteiger partial charge in [0.15, 0.2) is 0 Å². The number of methoxy groups -OCH3 is 1. The molecule has 33 heavy (non-hydrogen) atoms. The number of carbonyl (C=O) groups is 1. The lowest BCUT2D eigenvalue weighted by molar-refractivity contribution is 0.101. The highest BCUT2D eigenvalue weighted by Gasteiger charge is 2.27. The Hall–Kier alpha value is -3.66. The first-order valence-corrected chi connectivity index (χ1v) is 11.2. The highest BCUT2D eigenvalue weighted by Crippen LogP contribution is 2.31. The summed E-state index contributed by atoms with van der Waals surface area (Å²) in [5, 5.41) is 13.4. The van der Waals surface area contributed by atoms with Crippen molar-refractivity contribution < 1.29 is 9.53 Å². The van der Waals surface area contributed by atoms with Gasteiger partial charge in [-0.3, -0.25) is 14.9 Å². The molecule has 0 saturated carbocycles. The third kappa shape index (κ3) is 4.61. The molecule has 4 heterocycles. The lowest BCUT2D eigenvalue weighted by Gasteiger charge is -2.30. The summed E-state index contributed by atoms with van der Waals surface area (Å²) in [4.78, 5) is 25.9. The summed E-state index contributed by atoms with van der Waals surface area (Å²) in [6.07, 6.45) is 4.41. The van der Waals surface area contributed by atoms with Crippen molar-refractivity contribution in [3.63, 3.8) is 0 Å². The number of hydrogen-bond acceptors (Lipinski definition) is 8. The second kappa shape index (κ2) is 9.45. The first kappa shape index (κ1) is 21.2. The fourth-order valence-corrected chi connectivity index (χ4v) is 4.45. The summed E-state index contributed by atoms with van der Waals surface area (Å²) in [7, 11) is 1.68. The second-order valence-electron chi connectivity index (χ2n) is 8.28. The molecule has 1 aromatic carbocycles. The smallest absolute Gasteiger partial charge is 0.293 e. The van der Waals surface area contributed by atoms with Gasteiger partial charge in [0.2, 0.25) is 11.8 Å². The Morgan fingerprint density at radius 3 is 2.91 bits per heavy atom. The first-order valence-electron chi connectivity index (χ1n) is 11.2. The van der Waals surface area contributed by atoms with Crippen molar-refractivity contribution in [3.05, 3.63) is 54.1 Å². The Kier molecular flexibility index (Phi) is 6.07. The number of anilines is 3. The van der Waals surface area contributed by atoms with Crippen LogP contribution in [-0.4, -0.2) is 72.5 Å². The van der Waals surface area contributed by atoms with Crippen LogP contribution in [0.2, 0.25) is 0 Å². The predicted octanol–water partition coefficient (Wildman–Crippen LogP) is 1.86. The maximum atomic E-state index is 12.9. The van der Waals surface area contributed by atoms with Crippen LogP contribution >= 0.6 is 0 Å². The summed E-state index contributed by atoms with van der Waals surface area (Å²) in [5.41, 5.74) is 2.87. The molecule has 1 amide bonds. The van der Waals surface area contributed by atoms with E-state index < -0.39 is 0 Å². The van der Waals surface area contributed by atoms with E-state index in [1.807, 2.05) is 18.2 Å². The molecule has 1 atom stereocenters. The minimum atomic E-state index is -0.332. The highest BCUT2D eigenvalue weighted by molar-refractivity contribution is 6.03. The van der Waals surface area contributed by atoms with E-state index >= 15 is 0 Å². The molecular weight excluding hydrogens is 420 g/mol. The average Bonchev–Trinajstić information content (AvgIpc) is 3.55. The number of aromatic amines is 1. The quantitative estimate of drug-likeness (QED) is 0.524. The molecule has 10 heteroatoms. The minimum absolute atomic E-state index is 0.185. The van der Waals surface area contributed by atoms with E-state index in [0.717, 1.165) is 57.1 Å². The Balaban J connectivity index is 1.25. The molecule has 2 aromatic heterocycles. The van der Waals surface area contributed by atoms with Gasteiger partial charge in [0, 0.05) is 51.4 Å². The molecule has 0 bridgehead atoms. The Morgan fingerprint density at radius 1 is 1.18 bits per heavy atom. The van der Waals surface area contributed by atoms with Crippen LogP contribution in [0.15, 0.2) is 42.7 Å². The molecular formula is C23H28N8O2. The number of amides is 1. The summed E-state index contributed by atoms with van der Waals surface area (Å²) in [6, 6.07) is 10.1. The number of hydrogen-bond donors (Lipinski definition) is 3. The number of pyridine rings is 1. The monoisotopic (exact) mass is 448 g/mol. The van der Waals surface area contributed by atoms with Crippen LogP contribution in [0.1, 0.15) is 28.5 Å². The molecule has 0 spiro atoms. The van der Waals surface area contributed by atoms with Gasteiger partial charge in [-0.25, -0.2) is 0 Å². The normalized spacial score (nSPS) is 18.4. The van der Waals surface area contributed by atoms with Crippen molar-refractivity contribution in [1.29, 1.82) is 0 Å². The SMILES string of the molecule is COc1cccc(C2CCN(c3n[nH]c(C(=O)Nc4cnccc4N4CCNCC4)n3)C2)c1. The van der Waals surface area contributed by atoms with E-state index in [1.54, 1.807) is 19.5 Å². The zero-order valence-corrected chi connectivity index (χ0v) is 18.6. The Labute approximate surface area is 192 Å². The number of nitrogens with zero attached hydrogens (tertiary/aromatic N) is 5.